The molecule has 3 heterocycles. The zero-order valence-corrected chi connectivity index (χ0v) is 16.4. The second kappa shape index (κ2) is 11.0. The standard InChI is InChI=1S/C14H18N6O2.C5H10O/c1-3-4-8-10(22-2)5-6-12(17-8)18-9-7-11(15)19-20-13(9)14(16)21;1-2-4-6-5-3-1/h5-7H,3-4H2,1-2H3,(H2,16,21)(H3,15,17,18,19);1-5H2. The summed E-state index contributed by atoms with van der Waals surface area (Å²) < 4.78 is 10.3. The fourth-order valence-electron chi connectivity index (χ4n) is 2.67. The van der Waals surface area contributed by atoms with Gasteiger partial charge < -0.3 is 26.3 Å². The first-order chi connectivity index (χ1) is 13.5. The number of rotatable bonds is 6. The quantitative estimate of drug-likeness (QED) is 0.686. The van der Waals surface area contributed by atoms with Gasteiger partial charge >= 0.3 is 0 Å². The third kappa shape index (κ3) is 6.34. The molecule has 152 valence electrons. The maximum Gasteiger partial charge on any atom is 0.271 e. The summed E-state index contributed by atoms with van der Waals surface area (Å²) in [4.78, 5) is 15.9. The number of hydrogen-bond acceptors (Lipinski definition) is 8. The van der Waals surface area contributed by atoms with Gasteiger partial charge in [0, 0.05) is 19.3 Å². The van der Waals surface area contributed by atoms with Crippen LogP contribution >= 0.6 is 0 Å². The van der Waals surface area contributed by atoms with Crippen LogP contribution < -0.4 is 21.5 Å². The van der Waals surface area contributed by atoms with E-state index in [0.29, 0.717) is 11.5 Å². The molecule has 0 atom stereocenters. The van der Waals surface area contributed by atoms with E-state index in [2.05, 4.69) is 27.4 Å². The van der Waals surface area contributed by atoms with E-state index in [9.17, 15) is 4.79 Å². The number of nitrogens with two attached hydrogens (primary N) is 2. The molecule has 5 N–H and O–H groups in total. The zero-order valence-electron chi connectivity index (χ0n) is 16.4. The Kier molecular flexibility index (Phi) is 8.41. The summed E-state index contributed by atoms with van der Waals surface area (Å²) in [5.41, 5.74) is 12.1. The molecular weight excluding hydrogens is 360 g/mol. The number of pyridine rings is 1. The molecule has 1 aliphatic heterocycles. The van der Waals surface area contributed by atoms with Crippen molar-refractivity contribution in [2.24, 2.45) is 5.73 Å². The molecule has 0 bridgehead atoms. The number of nitrogens with one attached hydrogen (secondary N) is 1. The molecule has 0 spiro atoms. The van der Waals surface area contributed by atoms with Crippen LogP contribution in [0.5, 0.6) is 5.75 Å². The number of carbonyl (C=O) groups excluding carboxylic acids is 1. The van der Waals surface area contributed by atoms with Gasteiger partial charge in [-0.2, -0.15) is 0 Å². The average molecular weight is 388 g/mol. The molecule has 0 saturated carbocycles. The van der Waals surface area contributed by atoms with Crippen molar-refractivity contribution in [2.45, 2.75) is 39.0 Å². The Hall–Kier alpha value is -2.94. The third-order valence-electron chi connectivity index (χ3n) is 4.03. The van der Waals surface area contributed by atoms with Crippen molar-refractivity contribution in [1.29, 1.82) is 0 Å². The maximum absolute atomic E-state index is 11.4. The van der Waals surface area contributed by atoms with Gasteiger partial charge in [0.15, 0.2) is 5.69 Å². The molecule has 1 amide bonds. The number of amides is 1. The number of nitrogen functional groups attached to an aromatic ring is 1. The number of aryl methyl sites for hydroxylation is 1. The van der Waals surface area contributed by atoms with Crippen LogP contribution in [0.3, 0.4) is 0 Å². The Bertz CT molecular complexity index is 769. The summed E-state index contributed by atoms with van der Waals surface area (Å²) >= 11 is 0. The van der Waals surface area contributed by atoms with Crippen LogP contribution in [0.25, 0.3) is 0 Å². The van der Waals surface area contributed by atoms with E-state index in [1.54, 1.807) is 13.2 Å². The lowest BCUT2D eigenvalue weighted by Gasteiger charge is -2.12. The Morgan fingerprint density at radius 1 is 1.25 bits per heavy atom. The molecule has 3 rings (SSSR count). The van der Waals surface area contributed by atoms with Crippen molar-refractivity contribution < 1.29 is 14.3 Å². The van der Waals surface area contributed by atoms with E-state index in [0.717, 1.165) is 37.5 Å². The lowest BCUT2D eigenvalue weighted by molar-refractivity contribution is 0.0968. The summed E-state index contributed by atoms with van der Waals surface area (Å²) in [6.07, 6.45) is 5.64. The zero-order chi connectivity index (χ0) is 20.4. The van der Waals surface area contributed by atoms with Gasteiger partial charge in [-0.1, -0.05) is 13.3 Å². The maximum atomic E-state index is 11.4. The fourth-order valence-corrected chi connectivity index (χ4v) is 2.67. The Morgan fingerprint density at radius 2 is 2.00 bits per heavy atom. The second-order valence-electron chi connectivity index (χ2n) is 6.29. The Balaban J connectivity index is 0.000000397. The molecule has 0 aromatic carbocycles. The number of ether oxygens (including phenoxy) is 2. The summed E-state index contributed by atoms with van der Waals surface area (Å²) in [7, 11) is 1.60. The number of primary amides is 1. The lowest BCUT2D eigenvalue weighted by Crippen LogP contribution is -2.17. The Labute approximate surface area is 164 Å². The lowest BCUT2D eigenvalue weighted by atomic mass is 10.2. The molecule has 0 radical (unpaired) electrons. The van der Waals surface area contributed by atoms with Crippen molar-refractivity contribution in [3.05, 3.63) is 29.6 Å². The molecule has 0 unspecified atom stereocenters. The summed E-state index contributed by atoms with van der Waals surface area (Å²) in [6.45, 7) is 4.06. The first-order valence-electron chi connectivity index (χ1n) is 9.36. The second-order valence-corrected chi connectivity index (χ2v) is 6.29. The molecule has 9 nitrogen and oxygen atoms in total. The van der Waals surface area contributed by atoms with Crippen molar-refractivity contribution >= 4 is 23.2 Å². The number of methoxy groups -OCH3 is 1. The minimum absolute atomic E-state index is 0.00357. The largest absolute Gasteiger partial charge is 0.495 e. The fraction of sp³-hybridized carbons (Fsp3) is 0.474. The van der Waals surface area contributed by atoms with Gasteiger partial charge in [-0.3, -0.25) is 4.79 Å². The van der Waals surface area contributed by atoms with E-state index in [-0.39, 0.29) is 11.5 Å². The first-order valence-corrected chi connectivity index (χ1v) is 9.36. The summed E-state index contributed by atoms with van der Waals surface area (Å²) in [5, 5.41) is 10.3. The van der Waals surface area contributed by atoms with Crippen LogP contribution in [0.4, 0.5) is 17.3 Å². The number of aromatic nitrogens is 3. The minimum Gasteiger partial charge on any atom is -0.495 e. The monoisotopic (exact) mass is 388 g/mol. The van der Waals surface area contributed by atoms with Gasteiger partial charge in [-0.25, -0.2) is 4.98 Å². The molecule has 1 aliphatic rings. The summed E-state index contributed by atoms with van der Waals surface area (Å²) in [6, 6.07) is 5.03. The molecular formula is C19H28N6O3. The summed E-state index contributed by atoms with van der Waals surface area (Å²) in [5.74, 6) is 0.737. The van der Waals surface area contributed by atoms with Crippen LogP contribution in [-0.4, -0.2) is 41.4 Å². The van der Waals surface area contributed by atoms with E-state index < -0.39 is 5.91 Å². The molecule has 9 heteroatoms. The highest BCUT2D eigenvalue weighted by atomic mass is 16.5. The number of nitrogens with zero attached hydrogens (tertiary/aromatic N) is 3. The topological polar surface area (TPSA) is 138 Å². The van der Waals surface area contributed by atoms with E-state index in [1.807, 2.05) is 6.07 Å². The van der Waals surface area contributed by atoms with Crippen molar-refractivity contribution in [1.82, 2.24) is 15.2 Å². The van der Waals surface area contributed by atoms with Gasteiger partial charge in [0.2, 0.25) is 0 Å². The SMILES string of the molecule is C1CCOCC1.CCCc1nc(Nc2cc(N)nnc2C(N)=O)ccc1OC. The van der Waals surface area contributed by atoms with Gasteiger partial charge in [-0.05, 0) is 37.8 Å². The third-order valence-corrected chi connectivity index (χ3v) is 4.03. The van der Waals surface area contributed by atoms with Crippen molar-refractivity contribution in [3.63, 3.8) is 0 Å². The molecule has 1 saturated heterocycles. The van der Waals surface area contributed by atoms with Crippen LogP contribution in [0.1, 0.15) is 48.8 Å². The van der Waals surface area contributed by atoms with Crippen LogP contribution in [0, 0.1) is 0 Å². The molecule has 28 heavy (non-hydrogen) atoms. The minimum atomic E-state index is -0.697. The van der Waals surface area contributed by atoms with Crippen LogP contribution in [-0.2, 0) is 11.2 Å². The van der Waals surface area contributed by atoms with Crippen molar-refractivity contribution in [3.8, 4) is 5.75 Å². The predicted octanol–water partition coefficient (Wildman–Crippen LogP) is 2.44. The number of hydrogen-bond donors (Lipinski definition) is 3. The smallest absolute Gasteiger partial charge is 0.271 e. The number of anilines is 3. The van der Waals surface area contributed by atoms with E-state index >= 15 is 0 Å². The predicted molar refractivity (Wildman–Crippen MR) is 108 cm³/mol. The van der Waals surface area contributed by atoms with E-state index in [4.69, 9.17) is 20.9 Å². The Morgan fingerprint density at radius 3 is 2.54 bits per heavy atom. The number of carbonyl (C=O) groups is 1. The first kappa shape index (κ1) is 21.4. The molecule has 0 aliphatic carbocycles. The normalized spacial score (nSPS) is 13.2. The van der Waals surface area contributed by atoms with Crippen LogP contribution in [0.2, 0.25) is 0 Å². The van der Waals surface area contributed by atoms with E-state index in [1.165, 1.54) is 25.3 Å². The highest BCUT2D eigenvalue weighted by molar-refractivity contribution is 5.97. The van der Waals surface area contributed by atoms with Gasteiger partial charge in [0.05, 0.1) is 18.5 Å². The molecule has 2 aromatic heterocycles. The van der Waals surface area contributed by atoms with Crippen molar-refractivity contribution in [2.75, 3.05) is 31.4 Å². The molecule has 2 aromatic rings. The highest BCUT2D eigenvalue weighted by Gasteiger charge is 2.13. The molecule has 1 fully saturated rings. The van der Waals surface area contributed by atoms with Gasteiger partial charge in [0.1, 0.15) is 17.4 Å². The van der Waals surface area contributed by atoms with Gasteiger partial charge in [0.25, 0.3) is 5.91 Å². The average Bonchev–Trinajstić information content (AvgIpc) is 2.70. The highest BCUT2D eigenvalue weighted by Crippen LogP contribution is 2.24. The van der Waals surface area contributed by atoms with Gasteiger partial charge in [-0.15, -0.1) is 10.2 Å². The van der Waals surface area contributed by atoms with Crippen LogP contribution in [0.15, 0.2) is 18.2 Å².